The normalized spacial score (nSPS) is 15.5. The first-order valence-electron chi connectivity index (χ1n) is 6.28. The average Bonchev–Trinajstić information content (AvgIpc) is 3.10. The predicted molar refractivity (Wildman–Crippen MR) is 77.6 cm³/mol. The van der Waals surface area contributed by atoms with Crippen molar-refractivity contribution in [2.75, 3.05) is 11.9 Å². The van der Waals surface area contributed by atoms with Gasteiger partial charge in [0.25, 0.3) is 0 Å². The molecule has 0 spiro atoms. The lowest BCUT2D eigenvalue weighted by atomic mass is 9.99. The second-order valence-corrected chi connectivity index (χ2v) is 6.32. The zero-order valence-electron chi connectivity index (χ0n) is 10.8. The summed E-state index contributed by atoms with van der Waals surface area (Å²) < 4.78 is 0.964. The van der Waals surface area contributed by atoms with Crippen molar-refractivity contribution < 1.29 is 4.79 Å². The van der Waals surface area contributed by atoms with Crippen molar-refractivity contribution in [1.82, 2.24) is 5.32 Å². The Kier molecular flexibility index (Phi) is 4.07. The smallest absolute Gasteiger partial charge is 0.238 e. The summed E-state index contributed by atoms with van der Waals surface area (Å²) in [4.78, 5) is 11.8. The van der Waals surface area contributed by atoms with Gasteiger partial charge in [0.15, 0.2) is 0 Å². The van der Waals surface area contributed by atoms with Crippen LogP contribution in [0, 0.1) is 5.92 Å². The lowest BCUT2D eigenvalue weighted by Gasteiger charge is -2.25. The molecular weight excluding hydrogens is 292 g/mol. The molecule has 0 atom stereocenters. The summed E-state index contributed by atoms with van der Waals surface area (Å²) in [5, 5.41) is 6.22. The number of carbonyl (C=O) groups is 1. The molecular formula is C14H19BrN2O. The van der Waals surface area contributed by atoms with Crippen LogP contribution in [0.2, 0.25) is 0 Å². The molecule has 0 aliphatic heterocycles. The third-order valence-corrected chi connectivity index (χ3v) is 3.90. The Morgan fingerprint density at radius 2 is 2.17 bits per heavy atom. The summed E-state index contributed by atoms with van der Waals surface area (Å²) in [5.74, 6) is 0.720. The standard InChI is InChI=1S/C14H19BrN2O/c1-14(2,10-6-7-10)16-9-13(18)17-12-5-3-4-11(15)8-12/h3-5,8,10,16H,6-7,9H2,1-2H3,(H,17,18). The number of rotatable bonds is 5. The lowest BCUT2D eigenvalue weighted by Crippen LogP contribution is -2.45. The molecule has 18 heavy (non-hydrogen) atoms. The van der Waals surface area contributed by atoms with Gasteiger partial charge in [0.2, 0.25) is 5.91 Å². The van der Waals surface area contributed by atoms with E-state index in [9.17, 15) is 4.79 Å². The summed E-state index contributed by atoms with van der Waals surface area (Å²) in [7, 11) is 0. The van der Waals surface area contributed by atoms with Crippen molar-refractivity contribution >= 4 is 27.5 Å². The molecule has 3 nitrogen and oxygen atoms in total. The Balaban J connectivity index is 1.82. The fraction of sp³-hybridized carbons (Fsp3) is 0.500. The lowest BCUT2D eigenvalue weighted by molar-refractivity contribution is -0.115. The van der Waals surface area contributed by atoms with Crippen LogP contribution in [0.3, 0.4) is 0 Å². The topological polar surface area (TPSA) is 41.1 Å². The van der Waals surface area contributed by atoms with E-state index in [1.165, 1.54) is 12.8 Å². The molecule has 2 N–H and O–H groups in total. The summed E-state index contributed by atoms with van der Waals surface area (Å²) in [6, 6.07) is 7.62. The molecule has 0 aromatic heterocycles. The molecule has 0 radical (unpaired) electrons. The minimum absolute atomic E-state index is 0.00169. The van der Waals surface area contributed by atoms with E-state index < -0.39 is 0 Å². The van der Waals surface area contributed by atoms with Crippen molar-refractivity contribution in [3.05, 3.63) is 28.7 Å². The maximum Gasteiger partial charge on any atom is 0.238 e. The number of amides is 1. The van der Waals surface area contributed by atoms with Gasteiger partial charge in [0.05, 0.1) is 6.54 Å². The number of hydrogen-bond acceptors (Lipinski definition) is 2. The van der Waals surface area contributed by atoms with Gasteiger partial charge in [-0.2, -0.15) is 0 Å². The van der Waals surface area contributed by atoms with Crippen LogP contribution in [0.1, 0.15) is 26.7 Å². The molecule has 1 aromatic rings. The van der Waals surface area contributed by atoms with Crippen LogP contribution < -0.4 is 10.6 Å². The Hall–Kier alpha value is -0.870. The van der Waals surface area contributed by atoms with E-state index in [1.54, 1.807) is 0 Å². The Bertz CT molecular complexity index is 441. The zero-order valence-corrected chi connectivity index (χ0v) is 12.4. The number of nitrogens with one attached hydrogen (secondary N) is 2. The zero-order chi connectivity index (χ0) is 13.2. The molecule has 1 aliphatic rings. The highest BCUT2D eigenvalue weighted by atomic mass is 79.9. The second kappa shape index (κ2) is 5.41. The number of benzene rings is 1. The average molecular weight is 311 g/mol. The van der Waals surface area contributed by atoms with Crippen molar-refractivity contribution in [2.24, 2.45) is 5.92 Å². The molecule has 0 unspecified atom stereocenters. The van der Waals surface area contributed by atoms with Gasteiger partial charge in [-0.25, -0.2) is 0 Å². The van der Waals surface area contributed by atoms with E-state index in [2.05, 4.69) is 40.4 Å². The first kappa shape index (κ1) is 13.6. The molecule has 2 rings (SSSR count). The van der Waals surface area contributed by atoms with Gasteiger partial charge in [-0.1, -0.05) is 22.0 Å². The minimum Gasteiger partial charge on any atom is -0.325 e. The quantitative estimate of drug-likeness (QED) is 0.877. The molecule has 1 fully saturated rings. The van der Waals surface area contributed by atoms with Crippen LogP contribution in [-0.4, -0.2) is 18.0 Å². The molecule has 1 aliphatic carbocycles. The largest absolute Gasteiger partial charge is 0.325 e. The van der Waals surface area contributed by atoms with E-state index in [0.717, 1.165) is 16.1 Å². The SMILES string of the molecule is CC(C)(NCC(=O)Nc1cccc(Br)c1)C1CC1. The molecule has 0 saturated heterocycles. The fourth-order valence-corrected chi connectivity index (χ4v) is 2.43. The van der Waals surface area contributed by atoms with E-state index in [-0.39, 0.29) is 11.4 Å². The number of anilines is 1. The Morgan fingerprint density at radius 1 is 1.44 bits per heavy atom. The van der Waals surface area contributed by atoms with Crippen LogP contribution in [0.15, 0.2) is 28.7 Å². The van der Waals surface area contributed by atoms with E-state index in [4.69, 9.17) is 0 Å². The molecule has 1 amide bonds. The third-order valence-electron chi connectivity index (χ3n) is 3.41. The first-order chi connectivity index (χ1) is 8.47. The highest BCUT2D eigenvalue weighted by Crippen LogP contribution is 2.38. The van der Waals surface area contributed by atoms with E-state index in [1.807, 2.05) is 24.3 Å². The van der Waals surface area contributed by atoms with E-state index in [0.29, 0.717) is 6.54 Å². The number of halogens is 1. The molecule has 1 saturated carbocycles. The highest BCUT2D eigenvalue weighted by molar-refractivity contribution is 9.10. The van der Waals surface area contributed by atoms with Gasteiger partial charge in [-0.15, -0.1) is 0 Å². The van der Waals surface area contributed by atoms with Crippen molar-refractivity contribution in [3.8, 4) is 0 Å². The minimum atomic E-state index is 0.00169. The van der Waals surface area contributed by atoms with Gasteiger partial charge in [0.1, 0.15) is 0 Å². The Morgan fingerprint density at radius 3 is 2.78 bits per heavy atom. The number of hydrogen-bond donors (Lipinski definition) is 2. The Labute approximate surface area is 116 Å². The maximum atomic E-state index is 11.8. The van der Waals surface area contributed by atoms with Crippen molar-refractivity contribution in [2.45, 2.75) is 32.2 Å². The molecule has 0 heterocycles. The first-order valence-corrected chi connectivity index (χ1v) is 7.07. The monoisotopic (exact) mass is 310 g/mol. The maximum absolute atomic E-state index is 11.8. The summed E-state index contributed by atoms with van der Waals surface area (Å²) in [5.41, 5.74) is 0.884. The van der Waals surface area contributed by atoms with Gasteiger partial charge in [-0.3, -0.25) is 4.79 Å². The number of carbonyl (C=O) groups excluding carboxylic acids is 1. The molecule has 4 heteroatoms. The van der Waals surface area contributed by atoms with E-state index >= 15 is 0 Å². The van der Waals surface area contributed by atoms with Crippen LogP contribution in [0.5, 0.6) is 0 Å². The summed E-state index contributed by atoms with van der Waals surface area (Å²) in [6.45, 7) is 4.68. The fourth-order valence-electron chi connectivity index (χ4n) is 2.03. The van der Waals surface area contributed by atoms with Crippen LogP contribution in [-0.2, 0) is 4.79 Å². The van der Waals surface area contributed by atoms with Crippen LogP contribution in [0.4, 0.5) is 5.69 Å². The third kappa shape index (κ3) is 3.82. The van der Waals surface area contributed by atoms with Crippen molar-refractivity contribution in [1.29, 1.82) is 0 Å². The second-order valence-electron chi connectivity index (χ2n) is 5.41. The summed E-state index contributed by atoms with van der Waals surface area (Å²) >= 11 is 3.38. The predicted octanol–water partition coefficient (Wildman–Crippen LogP) is 3.17. The summed E-state index contributed by atoms with van der Waals surface area (Å²) in [6.07, 6.45) is 2.54. The molecule has 1 aromatic carbocycles. The highest BCUT2D eigenvalue weighted by Gasteiger charge is 2.37. The van der Waals surface area contributed by atoms with Gasteiger partial charge in [0, 0.05) is 15.7 Å². The van der Waals surface area contributed by atoms with Crippen LogP contribution >= 0.6 is 15.9 Å². The van der Waals surface area contributed by atoms with Gasteiger partial charge in [-0.05, 0) is 50.8 Å². The van der Waals surface area contributed by atoms with Gasteiger partial charge >= 0.3 is 0 Å². The van der Waals surface area contributed by atoms with Gasteiger partial charge < -0.3 is 10.6 Å². The van der Waals surface area contributed by atoms with Crippen LogP contribution in [0.25, 0.3) is 0 Å². The molecule has 0 bridgehead atoms. The van der Waals surface area contributed by atoms with Crippen molar-refractivity contribution in [3.63, 3.8) is 0 Å². The molecule has 98 valence electrons.